The molecular weight excluding hydrogens is 278 g/mol. The molecule has 6 nitrogen and oxygen atoms in total. The fourth-order valence-electron chi connectivity index (χ4n) is 2.31. The molecule has 1 aliphatic rings. The number of nitrogens with zero attached hydrogens (tertiary/aromatic N) is 2. The van der Waals surface area contributed by atoms with E-state index in [9.17, 15) is 9.59 Å². The lowest BCUT2D eigenvalue weighted by molar-refractivity contribution is 0.0701. The summed E-state index contributed by atoms with van der Waals surface area (Å²) in [5.74, 6) is -0.803. The van der Waals surface area contributed by atoms with Gasteiger partial charge in [0.2, 0.25) is 0 Å². The number of aromatic carboxylic acids is 1. The van der Waals surface area contributed by atoms with Gasteiger partial charge in [0.25, 0.3) is 5.91 Å². The first kappa shape index (κ1) is 12.9. The first-order valence-corrected chi connectivity index (χ1v) is 7.08. The van der Waals surface area contributed by atoms with Crippen molar-refractivity contribution >= 4 is 29.0 Å². The minimum absolute atomic E-state index is 0.197. The lowest BCUT2D eigenvalue weighted by Crippen LogP contribution is -2.11. The summed E-state index contributed by atoms with van der Waals surface area (Å²) in [5, 5.41) is 16.0. The number of hydrogen-bond donors (Lipinski definition) is 2. The molecule has 3 heterocycles. The number of hydrogen-bond acceptors (Lipinski definition) is 4. The van der Waals surface area contributed by atoms with Gasteiger partial charge < -0.3 is 10.4 Å². The van der Waals surface area contributed by atoms with Gasteiger partial charge in [-0.3, -0.25) is 9.48 Å². The fourth-order valence-corrected chi connectivity index (χ4v) is 3.21. The Kier molecular flexibility index (Phi) is 3.06. The highest BCUT2D eigenvalue weighted by Crippen LogP contribution is 2.23. The SMILES string of the molecule is Cc1cc(C(=O)Nc2cc3n(n2)CCC3)sc1C(=O)O. The third-order valence-corrected chi connectivity index (χ3v) is 4.47. The number of rotatable bonds is 3. The standard InChI is InChI=1S/C13H13N3O3S/c1-7-5-9(20-11(7)13(18)19)12(17)14-10-6-8-3-2-4-16(8)15-10/h5-6H,2-4H2,1H3,(H,18,19)(H,14,15,17). The summed E-state index contributed by atoms with van der Waals surface area (Å²) >= 11 is 0.980. The van der Waals surface area contributed by atoms with E-state index in [-0.39, 0.29) is 10.8 Å². The molecule has 0 radical (unpaired) electrons. The van der Waals surface area contributed by atoms with Crippen LogP contribution < -0.4 is 5.32 Å². The van der Waals surface area contributed by atoms with Crippen LogP contribution in [0, 0.1) is 6.92 Å². The summed E-state index contributed by atoms with van der Waals surface area (Å²) in [7, 11) is 0. The number of carbonyl (C=O) groups excluding carboxylic acids is 1. The number of fused-ring (bicyclic) bond motifs is 1. The summed E-state index contributed by atoms with van der Waals surface area (Å²) in [5.41, 5.74) is 1.72. The second kappa shape index (κ2) is 4.75. The smallest absolute Gasteiger partial charge is 0.346 e. The van der Waals surface area contributed by atoms with Crippen LogP contribution in [0.3, 0.4) is 0 Å². The molecular formula is C13H13N3O3S. The van der Waals surface area contributed by atoms with Gasteiger partial charge in [-0.15, -0.1) is 11.3 Å². The average molecular weight is 291 g/mol. The molecule has 1 amide bonds. The van der Waals surface area contributed by atoms with Crippen molar-refractivity contribution in [3.8, 4) is 0 Å². The normalized spacial score (nSPS) is 13.2. The Labute approximate surface area is 119 Å². The van der Waals surface area contributed by atoms with Gasteiger partial charge in [0.15, 0.2) is 5.82 Å². The highest BCUT2D eigenvalue weighted by Gasteiger charge is 2.19. The van der Waals surface area contributed by atoms with Crippen LogP contribution in [0.1, 0.15) is 37.0 Å². The molecule has 0 aliphatic carbocycles. The number of carboxylic acid groups (broad SMARTS) is 1. The number of anilines is 1. The lowest BCUT2D eigenvalue weighted by atomic mass is 10.2. The molecule has 0 saturated heterocycles. The molecule has 2 N–H and O–H groups in total. The maximum Gasteiger partial charge on any atom is 0.346 e. The monoisotopic (exact) mass is 291 g/mol. The maximum absolute atomic E-state index is 12.1. The van der Waals surface area contributed by atoms with E-state index >= 15 is 0 Å². The third kappa shape index (κ3) is 2.20. The molecule has 20 heavy (non-hydrogen) atoms. The number of aryl methyl sites for hydroxylation is 3. The van der Waals surface area contributed by atoms with Crippen molar-refractivity contribution in [1.82, 2.24) is 9.78 Å². The molecule has 2 aromatic rings. The van der Waals surface area contributed by atoms with E-state index in [0.717, 1.165) is 36.4 Å². The first-order valence-electron chi connectivity index (χ1n) is 6.26. The summed E-state index contributed by atoms with van der Waals surface area (Å²) < 4.78 is 1.89. The zero-order valence-electron chi connectivity index (χ0n) is 10.8. The summed E-state index contributed by atoms with van der Waals surface area (Å²) in [4.78, 5) is 23.6. The number of amides is 1. The van der Waals surface area contributed by atoms with Gasteiger partial charge >= 0.3 is 5.97 Å². The molecule has 7 heteroatoms. The number of aromatic nitrogens is 2. The van der Waals surface area contributed by atoms with Gasteiger partial charge in [-0.1, -0.05) is 0 Å². The number of carbonyl (C=O) groups is 2. The molecule has 0 unspecified atom stereocenters. The number of carboxylic acids is 1. The summed E-state index contributed by atoms with van der Waals surface area (Å²) in [6, 6.07) is 3.46. The second-order valence-electron chi connectivity index (χ2n) is 4.73. The van der Waals surface area contributed by atoms with Crippen molar-refractivity contribution in [1.29, 1.82) is 0 Å². The van der Waals surface area contributed by atoms with Crippen LogP contribution in [0.2, 0.25) is 0 Å². The van der Waals surface area contributed by atoms with Crippen LogP contribution in [-0.4, -0.2) is 26.8 Å². The molecule has 0 atom stereocenters. The van der Waals surface area contributed by atoms with Gasteiger partial charge in [0.1, 0.15) is 4.88 Å². The third-order valence-electron chi connectivity index (χ3n) is 3.24. The van der Waals surface area contributed by atoms with Crippen LogP contribution >= 0.6 is 11.3 Å². The molecule has 104 valence electrons. The number of nitrogens with one attached hydrogen (secondary N) is 1. The van der Waals surface area contributed by atoms with Gasteiger partial charge in [-0.2, -0.15) is 5.10 Å². The van der Waals surface area contributed by atoms with Gasteiger partial charge in [-0.05, 0) is 31.4 Å². The Balaban J connectivity index is 1.78. The van der Waals surface area contributed by atoms with E-state index in [1.54, 1.807) is 13.0 Å². The van der Waals surface area contributed by atoms with Crippen LogP contribution in [0.5, 0.6) is 0 Å². The quantitative estimate of drug-likeness (QED) is 0.907. The predicted octanol–water partition coefficient (Wildman–Crippen LogP) is 2.15. The van der Waals surface area contributed by atoms with Gasteiger partial charge in [0, 0.05) is 18.3 Å². The Hall–Kier alpha value is -2.15. The molecule has 0 bridgehead atoms. The van der Waals surface area contributed by atoms with Crippen molar-refractivity contribution in [2.24, 2.45) is 0 Å². The molecule has 0 aromatic carbocycles. The highest BCUT2D eigenvalue weighted by atomic mass is 32.1. The molecule has 0 fully saturated rings. The molecule has 2 aromatic heterocycles. The van der Waals surface area contributed by atoms with E-state index in [1.165, 1.54) is 0 Å². The van der Waals surface area contributed by atoms with Gasteiger partial charge in [-0.25, -0.2) is 4.79 Å². The Morgan fingerprint density at radius 1 is 1.45 bits per heavy atom. The average Bonchev–Trinajstić information content (AvgIpc) is 3.02. The van der Waals surface area contributed by atoms with Gasteiger partial charge in [0.05, 0.1) is 4.88 Å². The van der Waals surface area contributed by atoms with Crippen molar-refractivity contribution in [3.63, 3.8) is 0 Å². The van der Waals surface area contributed by atoms with Crippen LogP contribution in [0.25, 0.3) is 0 Å². The van der Waals surface area contributed by atoms with Crippen molar-refractivity contribution < 1.29 is 14.7 Å². The Morgan fingerprint density at radius 3 is 2.90 bits per heavy atom. The topological polar surface area (TPSA) is 84.2 Å². The largest absolute Gasteiger partial charge is 0.477 e. The Bertz CT molecular complexity index is 680. The van der Waals surface area contributed by atoms with E-state index in [2.05, 4.69) is 10.4 Å². The van der Waals surface area contributed by atoms with E-state index < -0.39 is 5.97 Å². The van der Waals surface area contributed by atoms with Crippen LogP contribution in [0.4, 0.5) is 5.82 Å². The minimum atomic E-state index is -1.01. The summed E-state index contributed by atoms with van der Waals surface area (Å²) in [6.45, 7) is 2.56. The maximum atomic E-state index is 12.1. The zero-order valence-corrected chi connectivity index (χ0v) is 11.7. The van der Waals surface area contributed by atoms with E-state index in [1.807, 2.05) is 10.7 Å². The molecule has 0 saturated carbocycles. The predicted molar refractivity (Wildman–Crippen MR) is 74.5 cm³/mol. The first-order chi connectivity index (χ1) is 9.54. The molecule has 1 aliphatic heterocycles. The fraction of sp³-hybridized carbons (Fsp3) is 0.308. The molecule has 0 spiro atoms. The highest BCUT2D eigenvalue weighted by molar-refractivity contribution is 7.16. The van der Waals surface area contributed by atoms with Crippen molar-refractivity contribution in [2.45, 2.75) is 26.3 Å². The minimum Gasteiger partial charge on any atom is -0.477 e. The Morgan fingerprint density at radius 2 is 2.25 bits per heavy atom. The van der Waals surface area contributed by atoms with Crippen molar-refractivity contribution in [2.75, 3.05) is 5.32 Å². The van der Waals surface area contributed by atoms with Crippen LogP contribution in [0.15, 0.2) is 12.1 Å². The second-order valence-corrected chi connectivity index (χ2v) is 5.78. The van der Waals surface area contributed by atoms with E-state index in [0.29, 0.717) is 16.3 Å². The van der Waals surface area contributed by atoms with Crippen LogP contribution in [-0.2, 0) is 13.0 Å². The summed E-state index contributed by atoms with van der Waals surface area (Å²) in [6.07, 6.45) is 2.06. The zero-order chi connectivity index (χ0) is 14.3. The number of thiophene rings is 1. The van der Waals surface area contributed by atoms with E-state index in [4.69, 9.17) is 5.11 Å². The molecule has 3 rings (SSSR count). The lowest BCUT2D eigenvalue weighted by Gasteiger charge is -1.98. The van der Waals surface area contributed by atoms with Crippen molar-refractivity contribution in [3.05, 3.63) is 33.1 Å².